The van der Waals surface area contributed by atoms with Crippen molar-refractivity contribution in [1.82, 2.24) is 5.32 Å². The van der Waals surface area contributed by atoms with E-state index in [2.05, 4.69) is 35.1 Å². The van der Waals surface area contributed by atoms with Gasteiger partial charge in [-0.1, -0.05) is 68.3 Å². The first kappa shape index (κ1) is 18.6. The topological polar surface area (TPSA) is 12.0 Å². The van der Waals surface area contributed by atoms with Crippen LogP contribution in [0.3, 0.4) is 0 Å². The van der Waals surface area contributed by atoms with E-state index < -0.39 is 0 Å². The number of halogens is 2. The Bertz CT molecular complexity index is 395. The van der Waals surface area contributed by atoms with Gasteiger partial charge >= 0.3 is 0 Å². The lowest BCUT2D eigenvalue weighted by Gasteiger charge is -2.18. The van der Waals surface area contributed by atoms with Gasteiger partial charge in [0.05, 0.1) is 0 Å². The summed E-state index contributed by atoms with van der Waals surface area (Å²) in [5.74, 6) is -0.0935. The molecule has 21 heavy (non-hydrogen) atoms. The lowest BCUT2D eigenvalue weighted by atomic mass is 9.99. The van der Waals surface area contributed by atoms with Crippen LogP contribution in [0.15, 0.2) is 22.7 Å². The molecule has 1 nitrogen and oxygen atoms in total. The van der Waals surface area contributed by atoms with Crippen LogP contribution in [-0.4, -0.2) is 12.6 Å². The zero-order valence-corrected chi connectivity index (χ0v) is 15.0. The highest BCUT2D eigenvalue weighted by Crippen LogP contribution is 2.19. The van der Waals surface area contributed by atoms with E-state index >= 15 is 0 Å². The van der Waals surface area contributed by atoms with Gasteiger partial charge in [0.15, 0.2) is 0 Å². The summed E-state index contributed by atoms with van der Waals surface area (Å²) in [6.07, 6.45) is 9.75. The largest absolute Gasteiger partial charge is 0.314 e. The van der Waals surface area contributed by atoms with E-state index in [1.807, 2.05) is 6.07 Å². The minimum Gasteiger partial charge on any atom is -0.314 e. The molecule has 120 valence electrons. The van der Waals surface area contributed by atoms with Crippen molar-refractivity contribution >= 4 is 15.9 Å². The lowest BCUT2D eigenvalue weighted by molar-refractivity contribution is 0.452. The maximum absolute atomic E-state index is 13.8. The quantitative estimate of drug-likeness (QED) is 0.489. The van der Waals surface area contributed by atoms with Gasteiger partial charge in [-0.25, -0.2) is 4.39 Å². The van der Waals surface area contributed by atoms with Crippen LogP contribution in [0.4, 0.5) is 4.39 Å². The van der Waals surface area contributed by atoms with Crippen molar-refractivity contribution in [1.29, 1.82) is 0 Å². The van der Waals surface area contributed by atoms with Crippen molar-refractivity contribution in [2.45, 2.75) is 71.3 Å². The second-order valence-corrected chi connectivity index (χ2v) is 6.67. The molecular formula is C18H29BrFN. The third-order valence-electron chi connectivity index (χ3n) is 3.87. The SMILES string of the molecule is CCCCCCCCC(Cc1cc(Br)ccc1F)NCC. The molecule has 0 saturated heterocycles. The standard InChI is InChI=1S/C18H29BrFN/c1-3-5-6-7-8-9-10-17(21-4-2)14-15-13-16(19)11-12-18(15)20/h11-13,17,21H,3-10,14H2,1-2H3. The number of hydrogen-bond donors (Lipinski definition) is 1. The molecule has 0 radical (unpaired) electrons. The lowest BCUT2D eigenvalue weighted by Crippen LogP contribution is -2.31. The fraction of sp³-hybridized carbons (Fsp3) is 0.667. The van der Waals surface area contributed by atoms with Crippen LogP contribution in [0.25, 0.3) is 0 Å². The summed E-state index contributed by atoms with van der Waals surface area (Å²) < 4.78 is 14.8. The van der Waals surface area contributed by atoms with Gasteiger partial charge in [0.25, 0.3) is 0 Å². The molecule has 0 aliphatic rings. The van der Waals surface area contributed by atoms with Crippen LogP contribution >= 0.6 is 15.9 Å². The molecular weight excluding hydrogens is 329 g/mol. The molecule has 0 spiro atoms. The van der Waals surface area contributed by atoms with E-state index in [4.69, 9.17) is 0 Å². The van der Waals surface area contributed by atoms with Crippen molar-refractivity contribution in [2.24, 2.45) is 0 Å². The highest BCUT2D eigenvalue weighted by Gasteiger charge is 2.11. The zero-order chi connectivity index (χ0) is 15.5. The fourth-order valence-corrected chi connectivity index (χ4v) is 3.11. The summed E-state index contributed by atoms with van der Waals surface area (Å²) in [4.78, 5) is 0. The number of hydrogen-bond acceptors (Lipinski definition) is 1. The monoisotopic (exact) mass is 357 g/mol. The third kappa shape index (κ3) is 7.96. The smallest absolute Gasteiger partial charge is 0.126 e. The molecule has 0 saturated carbocycles. The Morgan fingerprint density at radius 3 is 2.52 bits per heavy atom. The van der Waals surface area contributed by atoms with Crippen LogP contribution in [0.2, 0.25) is 0 Å². The van der Waals surface area contributed by atoms with Crippen molar-refractivity contribution < 1.29 is 4.39 Å². The molecule has 1 atom stereocenters. The van der Waals surface area contributed by atoms with Gasteiger partial charge in [0.2, 0.25) is 0 Å². The van der Waals surface area contributed by atoms with Gasteiger partial charge in [-0.3, -0.25) is 0 Å². The molecule has 3 heteroatoms. The Morgan fingerprint density at radius 1 is 1.10 bits per heavy atom. The molecule has 0 aromatic heterocycles. The number of rotatable bonds is 11. The first-order chi connectivity index (χ1) is 10.2. The van der Waals surface area contributed by atoms with Gasteiger partial charge < -0.3 is 5.32 Å². The van der Waals surface area contributed by atoms with Gasteiger partial charge in [-0.2, -0.15) is 0 Å². The van der Waals surface area contributed by atoms with E-state index in [0.29, 0.717) is 6.04 Å². The van der Waals surface area contributed by atoms with E-state index in [1.165, 1.54) is 38.5 Å². The molecule has 0 bridgehead atoms. The summed E-state index contributed by atoms with van der Waals surface area (Å²) in [7, 11) is 0. The van der Waals surface area contributed by atoms with Crippen LogP contribution in [0.1, 0.15) is 64.4 Å². The van der Waals surface area contributed by atoms with E-state index in [-0.39, 0.29) is 5.82 Å². The molecule has 1 N–H and O–H groups in total. The van der Waals surface area contributed by atoms with E-state index in [0.717, 1.165) is 29.4 Å². The van der Waals surface area contributed by atoms with Crippen LogP contribution in [0, 0.1) is 5.82 Å². The Hall–Kier alpha value is -0.410. The maximum atomic E-state index is 13.8. The molecule has 1 aromatic rings. The summed E-state index contributed by atoms with van der Waals surface area (Å²) in [5.41, 5.74) is 0.807. The Labute approximate surface area is 137 Å². The summed E-state index contributed by atoms with van der Waals surface area (Å²) in [6.45, 7) is 5.30. The number of benzene rings is 1. The predicted octanol–water partition coefficient (Wildman–Crippen LogP) is 5.86. The average Bonchev–Trinajstić information content (AvgIpc) is 2.46. The highest BCUT2D eigenvalue weighted by atomic mass is 79.9. The Balaban J connectivity index is 2.40. The van der Waals surface area contributed by atoms with Gasteiger partial charge in [-0.05, 0) is 43.1 Å². The minimum atomic E-state index is -0.0935. The molecule has 1 unspecified atom stereocenters. The van der Waals surface area contributed by atoms with Gasteiger partial charge in [0, 0.05) is 10.5 Å². The molecule has 1 aromatic carbocycles. The molecule has 0 fully saturated rings. The normalized spacial score (nSPS) is 12.6. The number of unbranched alkanes of at least 4 members (excludes halogenated alkanes) is 5. The highest BCUT2D eigenvalue weighted by molar-refractivity contribution is 9.10. The number of nitrogens with one attached hydrogen (secondary N) is 1. The third-order valence-corrected chi connectivity index (χ3v) is 4.37. The Kier molecular flexibility index (Phi) is 9.94. The second kappa shape index (κ2) is 11.2. The van der Waals surface area contributed by atoms with Crippen LogP contribution in [-0.2, 0) is 6.42 Å². The summed E-state index contributed by atoms with van der Waals surface area (Å²) >= 11 is 3.43. The van der Waals surface area contributed by atoms with Crippen LogP contribution < -0.4 is 5.32 Å². The summed E-state index contributed by atoms with van der Waals surface area (Å²) in [6, 6.07) is 5.59. The maximum Gasteiger partial charge on any atom is 0.126 e. The number of likely N-dealkylation sites (N-methyl/N-ethyl adjacent to an activating group) is 1. The van der Waals surface area contributed by atoms with Crippen LogP contribution in [0.5, 0.6) is 0 Å². The van der Waals surface area contributed by atoms with Crippen molar-refractivity contribution in [3.05, 3.63) is 34.1 Å². The fourth-order valence-electron chi connectivity index (χ4n) is 2.70. The predicted molar refractivity (Wildman–Crippen MR) is 93.3 cm³/mol. The molecule has 0 amide bonds. The molecule has 1 rings (SSSR count). The van der Waals surface area contributed by atoms with Crippen molar-refractivity contribution in [2.75, 3.05) is 6.54 Å². The molecule has 0 heterocycles. The van der Waals surface area contributed by atoms with Crippen molar-refractivity contribution in [3.8, 4) is 0 Å². The zero-order valence-electron chi connectivity index (χ0n) is 13.4. The second-order valence-electron chi connectivity index (χ2n) is 5.75. The van der Waals surface area contributed by atoms with Gasteiger partial charge in [-0.15, -0.1) is 0 Å². The average molecular weight is 358 g/mol. The van der Waals surface area contributed by atoms with E-state index in [9.17, 15) is 4.39 Å². The van der Waals surface area contributed by atoms with Crippen molar-refractivity contribution in [3.63, 3.8) is 0 Å². The van der Waals surface area contributed by atoms with Gasteiger partial charge in [0.1, 0.15) is 5.82 Å². The first-order valence-corrected chi connectivity index (χ1v) is 9.14. The minimum absolute atomic E-state index is 0.0935. The summed E-state index contributed by atoms with van der Waals surface area (Å²) in [5, 5.41) is 3.50. The first-order valence-electron chi connectivity index (χ1n) is 8.34. The molecule has 0 aliphatic carbocycles. The molecule has 0 aliphatic heterocycles. The Morgan fingerprint density at radius 2 is 1.81 bits per heavy atom. The van der Waals surface area contributed by atoms with E-state index in [1.54, 1.807) is 12.1 Å².